The Kier molecular flexibility index (Phi) is 6.89. The Balaban J connectivity index is 2.08. The lowest BCUT2D eigenvalue weighted by molar-refractivity contribution is -0.121. The zero-order chi connectivity index (χ0) is 14.1. The van der Waals surface area contributed by atoms with Crippen molar-refractivity contribution in [3.05, 3.63) is 24.5 Å². The molecule has 1 aromatic rings. The van der Waals surface area contributed by atoms with Crippen molar-refractivity contribution in [3.63, 3.8) is 0 Å². The average molecular weight is 266 g/mol. The van der Waals surface area contributed by atoms with Crippen LogP contribution in [0.4, 0.5) is 0 Å². The van der Waals surface area contributed by atoms with Gasteiger partial charge >= 0.3 is 0 Å². The van der Waals surface area contributed by atoms with E-state index in [0.29, 0.717) is 31.7 Å². The van der Waals surface area contributed by atoms with E-state index in [1.54, 1.807) is 18.5 Å². The number of aliphatic hydroxyl groups excluding tert-OH is 1. The van der Waals surface area contributed by atoms with Crippen molar-refractivity contribution in [1.29, 1.82) is 0 Å². The molecule has 5 heteroatoms. The van der Waals surface area contributed by atoms with Crippen LogP contribution in [0.2, 0.25) is 0 Å². The third-order valence-electron chi connectivity index (χ3n) is 2.73. The van der Waals surface area contributed by atoms with Crippen LogP contribution < -0.4 is 10.1 Å². The zero-order valence-electron chi connectivity index (χ0n) is 11.5. The molecule has 1 unspecified atom stereocenters. The lowest BCUT2D eigenvalue weighted by atomic mass is 10.1. The first-order valence-electron chi connectivity index (χ1n) is 6.57. The summed E-state index contributed by atoms with van der Waals surface area (Å²) < 4.78 is 5.43. The Morgan fingerprint density at radius 1 is 1.53 bits per heavy atom. The van der Waals surface area contributed by atoms with Crippen molar-refractivity contribution in [3.8, 4) is 5.75 Å². The van der Waals surface area contributed by atoms with Gasteiger partial charge in [0, 0.05) is 19.2 Å². The lowest BCUT2D eigenvalue weighted by Crippen LogP contribution is -2.34. The van der Waals surface area contributed by atoms with Gasteiger partial charge in [0.1, 0.15) is 5.75 Å². The SMILES string of the molecule is CC(C)C(O)CNC(=O)CCCOc1cccnc1. The minimum atomic E-state index is -0.490. The maximum Gasteiger partial charge on any atom is 0.220 e. The minimum absolute atomic E-state index is 0.0607. The van der Waals surface area contributed by atoms with E-state index in [1.165, 1.54) is 0 Å². The smallest absolute Gasteiger partial charge is 0.220 e. The average Bonchev–Trinajstić information content (AvgIpc) is 2.42. The van der Waals surface area contributed by atoms with E-state index >= 15 is 0 Å². The Hall–Kier alpha value is -1.62. The maximum atomic E-state index is 11.5. The predicted octanol–water partition coefficient (Wildman–Crippen LogP) is 1.37. The van der Waals surface area contributed by atoms with Crippen LogP contribution in [0.15, 0.2) is 24.5 Å². The number of carbonyl (C=O) groups excluding carboxylic acids is 1. The van der Waals surface area contributed by atoms with Crippen molar-refractivity contribution in [2.24, 2.45) is 5.92 Å². The highest BCUT2D eigenvalue weighted by atomic mass is 16.5. The fourth-order valence-electron chi connectivity index (χ4n) is 1.40. The zero-order valence-corrected chi connectivity index (χ0v) is 11.5. The summed E-state index contributed by atoms with van der Waals surface area (Å²) in [5, 5.41) is 12.3. The van der Waals surface area contributed by atoms with Crippen LogP contribution in [0.5, 0.6) is 5.75 Å². The third-order valence-corrected chi connectivity index (χ3v) is 2.73. The first-order chi connectivity index (χ1) is 9.09. The van der Waals surface area contributed by atoms with Crippen LogP contribution in [0.1, 0.15) is 26.7 Å². The molecular weight excluding hydrogens is 244 g/mol. The standard InChI is InChI=1S/C14H22N2O3/c1-11(2)13(17)10-16-14(18)6-4-8-19-12-5-3-7-15-9-12/h3,5,7,9,11,13,17H,4,6,8,10H2,1-2H3,(H,16,18). The summed E-state index contributed by atoms with van der Waals surface area (Å²) in [6.45, 7) is 4.61. The molecule has 0 aromatic carbocycles. The molecule has 1 rings (SSSR count). The van der Waals surface area contributed by atoms with Crippen molar-refractivity contribution < 1.29 is 14.6 Å². The second kappa shape index (κ2) is 8.48. The number of aliphatic hydroxyl groups is 1. The monoisotopic (exact) mass is 266 g/mol. The molecule has 106 valence electrons. The van der Waals surface area contributed by atoms with Gasteiger partial charge in [0.15, 0.2) is 0 Å². The molecule has 1 amide bonds. The number of hydrogen-bond acceptors (Lipinski definition) is 4. The van der Waals surface area contributed by atoms with E-state index in [1.807, 2.05) is 19.9 Å². The van der Waals surface area contributed by atoms with Crippen molar-refractivity contribution >= 4 is 5.91 Å². The Labute approximate surface area is 114 Å². The summed E-state index contributed by atoms with van der Waals surface area (Å²) >= 11 is 0. The summed E-state index contributed by atoms with van der Waals surface area (Å²) in [6, 6.07) is 3.63. The van der Waals surface area contributed by atoms with Crippen LogP contribution in [0.3, 0.4) is 0 Å². The van der Waals surface area contributed by atoms with E-state index in [4.69, 9.17) is 4.74 Å². The first-order valence-corrected chi connectivity index (χ1v) is 6.57. The number of amides is 1. The second-order valence-electron chi connectivity index (χ2n) is 4.76. The molecule has 0 saturated carbocycles. The molecule has 0 fully saturated rings. The number of aromatic nitrogens is 1. The minimum Gasteiger partial charge on any atom is -0.492 e. The first kappa shape index (κ1) is 15.4. The Bertz CT molecular complexity index is 368. The van der Waals surface area contributed by atoms with E-state index < -0.39 is 6.10 Å². The van der Waals surface area contributed by atoms with Crippen LogP contribution in [-0.2, 0) is 4.79 Å². The largest absolute Gasteiger partial charge is 0.492 e. The molecule has 0 aliphatic rings. The van der Waals surface area contributed by atoms with Gasteiger partial charge in [0.2, 0.25) is 5.91 Å². The number of carbonyl (C=O) groups is 1. The number of rotatable bonds is 8. The van der Waals surface area contributed by atoms with Crippen LogP contribution >= 0.6 is 0 Å². The fourth-order valence-corrected chi connectivity index (χ4v) is 1.40. The summed E-state index contributed by atoms with van der Waals surface area (Å²) in [5.41, 5.74) is 0. The molecule has 0 bridgehead atoms. The highest BCUT2D eigenvalue weighted by Crippen LogP contribution is 2.06. The molecule has 0 spiro atoms. The number of ether oxygens (including phenoxy) is 1. The molecule has 19 heavy (non-hydrogen) atoms. The summed E-state index contributed by atoms with van der Waals surface area (Å²) in [6.07, 6.45) is 3.86. The molecule has 0 aliphatic carbocycles. The topological polar surface area (TPSA) is 71.5 Å². The quantitative estimate of drug-likeness (QED) is 0.697. The van der Waals surface area contributed by atoms with Gasteiger partial charge in [-0.05, 0) is 24.5 Å². The van der Waals surface area contributed by atoms with Gasteiger partial charge in [-0.15, -0.1) is 0 Å². The highest BCUT2D eigenvalue weighted by molar-refractivity contribution is 5.75. The van der Waals surface area contributed by atoms with Gasteiger partial charge in [0.05, 0.1) is 18.9 Å². The van der Waals surface area contributed by atoms with Gasteiger partial charge in [0.25, 0.3) is 0 Å². The van der Waals surface area contributed by atoms with Crippen molar-refractivity contribution in [2.75, 3.05) is 13.2 Å². The number of nitrogens with zero attached hydrogens (tertiary/aromatic N) is 1. The van der Waals surface area contributed by atoms with Gasteiger partial charge in [-0.25, -0.2) is 0 Å². The van der Waals surface area contributed by atoms with Crippen LogP contribution in [0.25, 0.3) is 0 Å². The summed E-state index contributed by atoms with van der Waals surface area (Å²) in [7, 11) is 0. The van der Waals surface area contributed by atoms with Gasteiger partial charge in [-0.1, -0.05) is 13.8 Å². The van der Waals surface area contributed by atoms with Crippen molar-refractivity contribution in [1.82, 2.24) is 10.3 Å². The molecule has 1 aromatic heterocycles. The lowest BCUT2D eigenvalue weighted by Gasteiger charge is -2.15. The second-order valence-corrected chi connectivity index (χ2v) is 4.76. The van der Waals surface area contributed by atoms with E-state index in [0.717, 1.165) is 0 Å². The fraction of sp³-hybridized carbons (Fsp3) is 0.571. The van der Waals surface area contributed by atoms with Gasteiger partial charge in [-0.2, -0.15) is 0 Å². The molecule has 1 atom stereocenters. The molecule has 0 aliphatic heterocycles. The third kappa shape index (κ3) is 6.76. The molecular formula is C14H22N2O3. The van der Waals surface area contributed by atoms with E-state index in [2.05, 4.69) is 10.3 Å². The molecule has 2 N–H and O–H groups in total. The Morgan fingerprint density at radius 3 is 2.95 bits per heavy atom. The molecule has 5 nitrogen and oxygen atoms in total. The summed E-state index contributed by atoms with van der Waals surface area (Å²) in [5.74, 6) is 0.793. The van der Waals surface area contributed by atoms with E-state index in [9.17, 15) is 9.90 Å². The van der Waals surface area contributed by atoms with Crippen molar-refractivity contribution in [2.45, 2.75) is 32.8 Å². The van der Waals surface area contributed by atoms with Gasteiger partial charge in [-0.3, -0.25) is 9.78 Å². The highest BCUT2D eigenvalue weighted by Gasteiger charge is 2.10. The normalized spacial score (nSPS) is 12.2. The Morgan fingerprint density at radius 2 is 2.32 bits per heavy atom. The van der Waals surface area contributed by atoms with Gasteiger partial charge < -0.3 is 15.2 Å². The van der Waals surface area contributed by atoms with E-state index in [-0.39, 0.29) is 11.8 Å². The summed E-state index contributed by atoms with van der Waals surface area (Å²) in [4.78, 5) is 15.4. The number of nitrogens with one attached hydrogen (secondary N) is 1. The maximum absolute atomic E-state index is 11.5. The number of pyridine rings is 1. The molecule has 0 saturated heterocycles. The molecule has 1 heterocycles. The predicted molar refractivity (Wildman–Crippen MR) is 72.8 cm³/mol. The van der Waals surface area contributed by atoms with Crippen LogP contribution in [-0.4, -0.2) is 35.3 Å². The number of hydrogen-bond donors (Lipinski definition) is 2. The molecule has 0 radical (unpaired) electrons. The van der Waals surface area contributed by atoms with Crippen LogP contribution in [0, 0.1) is 5.92 Å².